The zero-order chi connectivity index (χ0) is 12.8. The van der Waals surface area contributed by atoms with Gasteiger partial charge in [0.15, 0.2) is 0 Å². The van der Waals surface area contributed by atoms with E-state index in [0.29, 0.717) is 17.0 Å². The number of amides is 1. The number of furan rings is 1. The Balaban J connectivity index is 2.03. The van der Waals surface area contributed by atoms with Crippen LogP contribution in [0.5, 0.6) is 0 Å². The molecule has 0 unspecified atom stereocenters. The van der Waals surface area contributed by atoms with Crippen molar-refractivity contribution in [3.63, 3.8) is 0 Å². The summed E-state index contributed by atoms with van der Waals surface area (Å²) in [6, 6.07) is 10.6. The minimum Gasteiger partial charge on any atom is -0.465 e. The highest BCUT2D eigenvalue weighted by atomic mass is 16.3. The van der Waals surface area contributed by atoms with E-state index in [1.165, 1.54) is 6.08 Å². The fourth-order valence-corrected chi connectivity index (χ4v) is 1.50. The van der Waals surface area contributed by atoms with Gasteiger partial charge in [0.2, 0.25) is 5.91 Å². The normalized spacial score (nSPS) is 10.7. The van der Waals surface area contributed by atoms with Crippen molar-refractivity contribution in [3.05, 3.63) is 60.1 Å². The van der Waals surface area contributed by atoms with Crippen LogP contribution in [0.1, 0.15) is 11.3 Å². The van der Waals surface area contributed by atoms with Crippen molar-refractivity contribution in [3.8, 4) is 0 Å². The Hall–Kier alpha value is -2.33. The first-order chi connectivity index (χ1) is 8.79. The number of nitrogens with one attached hydrogen (secondary N) is 1. The number of anilines is 1. The molecule has 0 fully saturated rings. The number of benzene rings is 1. The Labute approximate surface area is 105 Å². The molecule has 4 nitrogen and oxygen atoms in total. The molecule has 1 amide bonds. The van der Waals surface area contributed by atoms with E-state index in [2.05, 4.69) is 5.32 Å². The van der Waals surface area contributed by atoms with Gasteiger partial charge < -0.3 is 14.8 Å². The molecule has 92 valence electrons. The summed E-state index contributed by atoms with van der Waals surface area (Å²) in [5.41, 5.74) is 1.28. The molecule has 2 aromatic rings. The molecular weight excluding hydrogens is 230 g/mol. The molecule has 0 aliphatic rings. The van der Waals surface area contributed by atoms with Crippen molar-refractivity contribution >= 4 is 17.7 Å². The molecule has 4 heteroatoms. The summed E-state index contributed by atoms with van der Waals surface area (Å²) in [5, 5.41) is 11.8. The van der Waals surface area contributed by atoms with Crippen molar-refractivity contribution in [1.82, 2.24) is 0 Å². The summed E-state index contributed by atoms with van der Waals surface area (Å²) in [6.07, 6.45) is 4.50. The van der Waals surface area contributed by atoms with Crippen LogP contribution in [0.4, 0.5) is 5.69 Å². The lowest BCUT2D eigenvalue weighted by atomic mass is 10.2. The van der Waals surface area contributed by atoms with Crippen LogP contribution in [0, 0.1) is 0 Å². The standard InChI is InChI=1S/C14H13NO3/c16-10-11-4-1-2-6-13(11)15-14(17)8-7-12-5-3-9-18-12/h1-9,16H,10H2,(H,15,17). The molecule has 0 saturated carbocycles. The van der Waals surface area contributed by atoms with E-state index in [9.17, 15) is 4.79 Å². The molecule has 2 N–H and O–H groups in total. The molecule has 0 bridgehead atoms. The molecule has 1 aromatic heterocycles. The molecule has 0 radical (unpaired) electrons. The Bertz CT molecular complexity index is 544. The number of carbonyl (C=O) groups excluding carboxylic acids is 1. The van der Waals surface area contributed by atoms with E-state index in [0.717, 1.165) is 0 Å². The van der Waals surface area contributed by atoms with Gasteiger partial charge in [-0.3, -0.25) is 4.79 Å². The van der Waals surface area contributed by atoms with Crippen LogP contribution in [-0.4, -0.2) is 11.0 Å². The number of carbonyl (C=O) groups is 1. The van der Waals surface area contributed by atoms with Crippen molar-refractivity contribution in [2.75, 3.05) is 5.32 Å². The molecule has 0 spiro atoms. The van der Waals surface area contributed by atoms with Gasteiger partial charge in [0.1, 0.15) is 5.76 Å². The first-order valence-electron chi connectivity index (χ1n) is 5.51. The molecule has 0 atom stereocenters. The summed E-state index contributed by atoms with van der Waals surface area (Å²) in [7, 11) is 0. The third-order valence-electron chi connectivity index (χ3n) is 2.39. The monoisotopic (exact) mass is 243 g/mol. The molecule has 1 heterocycles. The fraction of sp³-hybridized carbons (Fsp3) is 0.0714. The third-order valence-corrected chi connectivity index (χ3v) is 2.39. The number of rotatable bonds is 4. The lowest BCUT2D eigenvalue weighted by Gasteiger charge is -2.06. The molecular formula is C14H13NO3. The summed E-state index contributed by atoms with van der Waals surface area (Å²) in [6.45, 7) is -0.113. The van der Waals surface area contributed by atoms with Gasteiger partial charge in [-0.25, -0.2) is 0 Å². The van der Waals surface area contributed by atoms with Crippen molar-refractivity contribution in [2.24, 2.45) is 0 Å². The minimum atomic E-state index is -0.271. The first kappa shape index (κ1) is 12.1. The smallest absolute Gasteiger partial charge is 0.248 e. The maximum atomic E-state index is 11.7. The first-order valence-corrected chi connectivity index (χ1v) is 5.51. The second kappa shape index (κ2) is 5.84. The third kappa shape index (κ3) is 3.09. The van der Waals surface area contributed by atoms with Crippen molar-refractivity contribution in [1.29, 1.82) is 0 Å². The Morgan fingerprint density at radius 2 is 2.11 bits per heavy atom. The van der Waals surface area contributed by atoms with Crippen molar-refractivity contribution in [2.45, 2.75) is 6.61 Å². The van der Waals surface area contributed by atoms with Gasteiger partial charge in [-0.15, -0.1) is 0 Å². The van der Waals surface area contributed by atoms with Crippen LogP contribution in [0.3, 0.4) is 0 Å². The Morgan fingerprint density at radius 1 is 1.28 bits per heavy atom. The van der Waals surface area contributed by atoms with Gasteiger partial charge in [-0.05, 0) is 24.3 Å². The van der Waals surface area contributed by atoms with E-state index >= 15 is 0 Å². The highest BCUT2D eigenvalue weighted by molar-refractivity contribution is 6.02. The van der Waals surface area contributed by atoms with Gasteiger partial charge in [-0.2, -0.15) is 0 Å². The average Bonchev–Trinajstić information content (AvgIpc) is 2.90. The van der Waals surface area contributed by atoms with E-state index in [1.54, 1.807) is 48.7 Å². The summed E-state index contributed by atoms with van der Waals surface area (Å²) >= 11 is 0. The van der Waals surface area contributed by atoms with Crippen LogP contribution < -0.4 is 5.32 Å². The van der Waals surface area contributed by atoms with E-state index in [4.69, 9.17) is 9.52 Å². The second-order valence-corrected chi connectivity index (χ2v) is 3.65. The quantitative estimate of drug-likeness (QED) is 0.811. The number of para-hydroxylation sites is 1. The molecule has 2 rings (SSSR count). The van der Waals surface area contributed by atoms with Crippen LogP contribution >= 0.6 is 0 Å². The number of hydrogen-bond acceptors (Lipinski definition) is 3. The average molecular weight is 243 g/mol. The summed E-state index contributed by atoms with van der Waals surface area (Å²) < 4.78 is 5.07. The van der Waals surface area contributed by atoms with Crippen molar-refractivity contribution < 1.29 is 14.3 Å². The largest absolute Gasteiger partial charge is 0.465 e. The van der Waals surface area contributed by atoms with E-state index < -0.39 is 0 Å². The summed E-state index contributed by atoms with van der Waals surface area (Å²) in [5.74, 6) is 0.341. The lowest BCUT2D eigenvalue weighted by Crippen LogP contribution is -2.09. The molecule has 1 aromatic carbocycles. The number of aliphatic hydroxyl groups is 1. The lowest BCUT2D eigenvalue weighted by molar-refractivity contribution is -0.111. The number of aliphatic hydroxyl groups excluding tert-OH is 1. The van der Waals surface area contributed by atoms with Crippen LogP contribution in [0.25, 0.3) is 6.08 Å². The number of hydrogen-bond donors (Lipinski definition) is 2. The molecule has 18 heavy (non-hydrogen) atoms. The van der Waals surface area contributed by atoms with Gasteiger partial charge in [0.05, 0.1) is 12.9 Å². The Kier molecular flexibility index (Phi) is 3.94. The maximum Gasteiger partial charge on any atom is 0.248 e. The van der Waals surface area contributed by atoms with Gasteiger partial charge in [-0.1, -0.05) is 18.2 Å². The van der Waals surface area contributed by atoms with Gasteiger partial charge in [0, 0.05) is 17.3 Å². The molecule has 0 saturated heterocycles. The van der Waals surface area contributed by atoms with Crippen LogP contribution in [0.2, 0.25) is 0 Å². The summed E-state index contributed by atoms with van der Waals surface area (Å²) in [4.78, 5) is 11.7. The SMILES string of the molecule is O=C(C=Cc1ccco1)Nc1ccccc1CO. The van der Waals surface area contributed by atoms with E-state index in [1.807, 2.05) is 0 Å². The van der Waals surface area contributed by atoms with Crippen LogP contribution in [0.15, 0.2) is 53.2 Å². The zero-order valence-electron chi connectivity index (χ0n) is 9.67. The van der Waals surface area contributed by atoms with E-state index in [-0.39, 0.29) is 12.5 Å². The molecule has 0 aliphatic carbocycles. The Morgan fingerprint density at radius 3 is 2.83 bits per heavy atom. The highest BCUT2D eigenvalue weighted by Crippen LogP contribution is 2.14. The topological polar surface area (TPSA) is 62.5 Å². The van der Waals surface area contributed by atoms with Crippen LogP contribution in [-0.2, 0) is 11.4 Å². The second-order valence-electron chi connectivity index (χ2n) is 3.65. The molecule has 0 aliphatic heterocycles. The van der Waals surface area contributed by atoms with Gasteiger partial charge in [0.25, 0.3) is 0 Å². The minimum absolute atomic E-state index is 0.113. The van der Waals surface area contributed by atoms with Gasteiger partial charge >= 0.3 is 0 Å². The maximum absolute atomic E-state index is 11.7. The highest BCUT2D eigenvalue weighted by Gasteiger charge is 2.02. The zero-order valence-corrected chi connectivity index (χ0v) is 9.67. The predicted molar refractivity (Wildman–Crippen MR) is 68.7 cm³/mol. The predicted octanol–water partition coefficient (Wildman–Crippen LogP) is 2.42. The fourth-order valence-electron chi connectivity index (χ4n) is 1.50.